The summed E-state index contributed by atoms with van der Waals surface area (Å²) < 4.78 is 27.7. The van der Waals surface area contributed by atoms with Crippen LogP contribution in [-0.4, -0.2) is 51.4 Å². The van der Waals surface area contributed by atoms with Gasteiger partial charge >= 0.3 is 0 Å². The van der Waals surface area contributed by atoms with Crippen LogP contribution in [0.5, 0.6) is 0 Å². The number of nitrogens with one attached hydrogen (secondary N) is 2. The van der Waals surface area contributed by atoms with E-state index in [4.69, 9.17) is 11.6 Å². The lowest BCUT2D eigenvalue weighted by molar-refractivity contribution is -0.123. The Morgan fingerprint density at radius 1 is 1.21 bits per heavy atom. The number of nitrogens with zero attached hydrogens (tertiary/aromatic N) is 1. The van der Waals surface area contributed by atoms with Crippen LogP contribution in [0.25, 0.3) is 0 Å². The Morgan fingerprint density at radius 2 is 1.82 bits per heavy atom. The van der Waals surface area contributed by atoms with Gasteiger partial charge in [0, 0.05) is 11.6 Å². The third kappa shape index (κ3) is 7.03. The summed E-state index contributed by atoms with van der Waals surface area (Å²) in [7, 11) is -3.80. The standard InChI is InChI=1S/C20H32ClN3O3S/c1-15(2)19(23-28(26,27)18-7-5-17(21)6-8-18)20(25)22-11-4-12-24-13-9-16(3)10-14-24/h5-8,15-16,19,23H,4,9-14H2,1-3H3,(H,22,25). The molecule has 2 rings (SSSR count). The van der Waals surface area contributed by atoms with Crippen LogP contribution in [0, 0.1) is 11.8 Å². The van der Waals surface area contributed by atoms with Crippen molar-refractivity contribution in [3.05, 3.63) is 29.3 Å². The number of amides is 1. The third-order valence-electron chi connectivity index (χ3n) is 5.18. The molecule has 0 aromatic heterocycles. The van der Waals surface area contributed by atoms with Crippen LogP contribution in [0.2, 0.25) is 5.02 Å². The van der Waals surface area contributed by atoms with Crippen molar-refractivity contribution >= 4 is 27.5 Å². The molecule has 1 unspecified atom stereocenters. The number of carbonyl (C=O) groups excluding carboxylic acids is 1. The average molecular weight is 430 g/mol. The average Bonchev–Trinajstić information content (AvgIpc) is 2.64. The molecule has 1 aromatic carbocycles. The van der Waals surface area contributed by atoms with Gasteiger partial charge in [0.2, 0.25) is 15.9 Å². The van der Waals surface area contributed by atoms with Crippen molar-refractivity contribution in [3.63, 3.8) is 0 Å². The number of rotatable bonds is 9. The van der Waals surface area contributed by atoms with Crippen LogP contribution in [0.1, 0.15) is 40.0 Å². The van der Waals surface area contributed by atoms with E-state index in [1.165, 1.54) is 37.1 Å². The molecule has 158 valence electrons. The molecule has 1 saturated heterocycles. The van der Waals surface area contributed by atoms with E-state index in [9.17, 15) is 13.2 Å². The second kappa shape index (κ2) is 10.6. The van der Waals surface area contributed by atoms with E-state index < -0.39 is 16.1 Å². The molecule has 0 saturated carbocycles. The maximum atomic E-state index is 12.6. The lowest BCUT2D eigenvalue weighted by Crippen LogP contribution is -2.50. The van der Waals surface area contributed by atoms with Gasteiger partial charge in [-0.2, -0.15) is 4.72 Å². The molecule has 1 amide bonds. The molecule has 6 nitrogen and oxygen atoms in total. The van der Waals surface area contributed by atoms with Gasteiger partial charge in [0.15, 0.2) is 0 Å². The molecular formula is C20H32ClN3O3S. The molecule has 1 fully saturated rings. The first-order chi connectivity index (χ1) is 13.2. The Kier molecular flexibility index (Phi) is 8.74. The SMILES string of the molecule is CC1CCN(CCCNC(=O)C(NS(=O)(=O)c2ccc(Cl)cc2)C(C)C)CC1. The van der Waals surface area contributed by atoms with Crippen molar-refractivity contribution in [1.29, 1.82) is 0 Å². The van der Waals surface area contributed by atoms with E-state index in [2.05, 4.69) is 21.9 Å². The van der Waals surface area contributed by atoms with Gasteiger partial charge in [0.1, 0.15) is 6.04 Å². The fraction of sp³-hybridized carbons (Fsp3) is 0.650. The third-order valence-corrected chi connectivity index (χ3v) is 6.89. The summed E-state index contributed by atoms with van der Waals surface area (Å²) in [5, 5.41) is 3.34. The van der Waals surface area contributed by atoms with Gasteiger partial charge in [-0.3, -0.25) is 4.79 Å². The number of benzene rings is 1. The topological polar surface area (TPSA) is 78.5 Å². The van der Waals surface area contributed by atoms with E-state index in [0.717, 1.165) is 32.0 Å². The monoisotopic (exact) mass is 429 g/mol. The minimum absolute atomic E-state index is 0.0923. The second-order valence-corrected chi connectivity index (χ2v) is 10.1. The van der Waals surface area contributed by atoms with Crippen LogP contribution in [0.15, 0.2) is 29.2 Å². The highest BCUT2D eigenvalue weighted by Crippen LogP contribution is 2.17. The molecule has 0 aliphatic carbocycles. The molecule has 1 aliphatic rings. The minimum atomic E-state index is -3.80. The smallest absolute Gasteiger partial charge is 0.241 e. The van der Waals surface area contributed by atoms with Gasteiger partial charge in [-0.15, -0.1) is 0 Å². The summed E-state index contributed by atoms with van der Waals surface area (Å²) in [5.41, 5.74) is 0. The summed E-state index contributed by atoms with van der Waals surface area (Å²) >= 11 is 5.82. The number of hydrogen-bond acceptors (Lipinski definition) is 4. The first kappa shape index (κ1) is 23.1. The number of halogens is 1. The van der Waals surface area contributed by atoms with Gasteiger partial charge < -0.3 is 10.2 Å². The summed E-state index contributed by atoms with van der Waals surface area (Å²) in [6.45, 7) is 9.66. The molecule has 28 heavy (non-hydrogen) atoms. The molecule has 1 heterocycles. The van der Waals surface area contributed by atoms with Crippen LogP contribution < -0.4 is 10.0 Å². The van der Waals surface area contributed by atoms with Crippen molar-refractivity contribution in [2.45, 2.75) is 51.0 Å². The van der Waals surface area contributed by atoms with Crippen molar-refractivity contribution < 1.29 is 13.2 Å². The van der Waals surface area contributed by atoms with Gasteiger partial charge in [-0.1, -0.05) is 32.4 Å². The minimum Gasteiger partial charge on any atom is -0.355 e. The molecule has 2 N–H and O–H groups in total. The van der Waals surface area contributed by atoms with Gasteiger partial charge in [-0.25, -0.2) is 8.42 Å². The van der Waals surface area contributed by atoms with E-state index >= 15 is 0 Å². The Labute approximate surface area is 174 Å². The van der Waals surface area contributed by atoms with Gasteiger partial charge in [0.05, 0.1) is 4.90 Å². The zero-order valence-corrected chi connectivity index (χ0v) is 18.5. The maximum absolute atomic E-state index is 12.6. The Bertz CT molecular complexity index is 730. The Hall–Kier alpha value is -1.15. The van der Waals surface area contributed by atoms with Gasteiger partial charge in [0.25, 0.3) is 0 Å². The lowest BCUT2D eigenvalue weighted by Gasteiger charge is -2.30. The number of hydrogen-bond donors (Lipinski definition) is 2. The quantitative estimate of drug-likeness (QED) is 0.591. The molecule has 1 atom stereocenters. The molecule has 1 aliphatic heterocycles. The van der Waals surface area contributed by atoms with Crippen LogP contribution in [-0.2, 0) is 14.8 Å². The summed E-state index contributed by atoms with van der Waals surface area (Å²) in [6.07, 6.45) is 3.32. The Balaban J connectivity index is 1.85. The summed E-state index contributed by atoms with van der Waals surface area (Å²) in [5.74, 6) is 0.335. The highest BCUT2D eigenvalue weighted by Gasteiger charge is 2.28. The summed E-state index contributed by atoms with van der Waals surface area (Å²) in [6, 6.07) is 5.07. The highest BCUT2D eigenvalue weighted by atomic mass is 35.5. The fourth-order valence-corrected chi connectivity index (χ4v) is 4.72. The van der Waals surface area contributed by atoms with Crippen molar-refractivity contribution in [2.24, 2.45) is 11.8 Å². The molecule has 0 bridgehead atoms. The van der Waals surface area contributed by atoms with Crippen molar-refractivity contribution in [3.8, 4) is 0 Å². The van der Waals surface area contributed by atoms with Crippen LogP contribution >= 0.6 is 11.6 Å². The zero-order valence-electron chi connectivity index (χ0n) is 16.9. The number of sulfonamides is 1. The molecule has 8 heteroatoms. The van der Waals surface area contributed by atoms with Crippen LogP contribution in [0.3, 0.4) is 0 Å². The highest BCUT2D eigenvalue weighted by molar-refractivity contribution is 7.89. The molecular weight excluding hydrogens is 398 g/mol. The number of carbonyl (C=O) groups is 1. The number of piperidine rings is 1. The Morgan fingerprint density at radius 3 is 2.39 bits per heavy atom. The van der Waals surface area contributed by atoms with E-state index in [1.807, 2.05) is 13.8 Å². The number of likely N-dealkylation sites (tertiary alicyclic amines) is 1. The van der Waals surface area contributed by atoms with Crippen molar-refractivity contribution in [1.82, 2.24) is 14.9 Å². The predicted octanol–water partition coefficient (Wildman–Crippen LogP) is 2.88. The lowest BCUT2D eigenvalue weighted by atomic mass is 9.99. The second-order valence-electron chi connectivity index (χ2n) is 7.97. The largest absolute Gasteiger partial charge is 0.355 e. The predicted molar refractivity (Wildman–Crippen MR) is 113 cm³/mol. The maximum Gasteiger partial charge on any atom is 0.241 e. The van der Waals surface area contributed by atoms with Crippen LogP contribution in [0.4, 0.5) is 0 Å². The normalized spacial score (nSPS) is 17.6. The first-order valence-corrected chi connectivity index (χ1v) is 11.8. The summed E-state index contributed by atoms with van der Waals surface area (Å²) in [4.78, 5) is 15.1. The fourth-order valence-electron chi connectivity index (χ4n) is 3.25. The van der Waals surface area contributed by atoms with E-state index in [-0.39, 0.29) is 16.7 Å². The van der Waals surface area contributed by atoms with E-state index in [0.29, 0.717) is 11.6 Å². The molecule has 0 radical (unpaired) electrons. The molecule has 0 spiro atoms. The van der Waals surface area contributed by atoms with Crippen molar-refractivity contribution in [2.75, 3.05) is 26.2 Å². The van der Waals surface area contributed by atoms with E-state index in [1.54, 1.807) is 0 Å². The van der Waals surface area contributed by atoms with Gasteiger partial charge in [-0.05, 0) is 75.0 Å². The first-order valence-electron chi connectivity index (χ1n) is 9.97. The zero-order chi connectivity index (χ0) is 20.7. The molecule has 1 aromatic rings.